The molecule has 1 amide bonds. The zero-order chi connectivity index (χ0) is 13.9. The fourth-order valence-electron chi connectivity index (χ4n) is 2.28. The summed E-state index contributed by atoms with van der Waals surface area (Å²) < 4.78 is 0. The van der Waals surface area contributed by atoms with Crippen LogP contribution in [-0.2, 0) is 4.79 Å². The van der Waals surface area contributed by atoms with Gasteiger partial charge < -0.3 is 10.6 Å². The Hall–Kier alpha value is -0.940. The molecule has 5 heteroatoms. The van der Waals surface area contributed by atoms with E-state index in [1.54, 1.807) is 11.3 Å². The maximum absolute atomic E-state index is 11.9. The summed E-state index contributed by atoms with van der Waals surface area (Å²) in [6.45, 7) is 8.35. The largest absolute Gasteiger partial charge is 0.317 e. The lowest BCUT2D eigenvalue weighted by Gasteiger charge is -2.20. The van der Waals surface area contributed by atoms with Gasteiger partial charge in [-0.05, 0) is 37.3 Å². The molecule has 0 aromatic carbocycles. The summed E-state index contributed by atoms with van der Waals surface area (Å²) in [5.74, 6) is 0.658. The summed E-state index contributed by atoms with van der Waals surface area (Å²) in [6, 6.07) is 0. The number of hydrogen-bond donors (Lipinski definition) is 2. The summed E-state index contributed by atoms with van der Waals surface area (Å²) in [5.41, 5.74) is 0.0131. The van der Waals surface area contributed by atoms with Gasteiger partial charge in [0.15, 0.2) is 5.13 Å². The van der Waals surface area contributed by atoms with Gasteiger partial charge in [0.25, 0.3) is 0 Å². The average Bonchev–Trinajstić information content (AvgIpc) is 2.76. The van der Waals surface area contributed by atoms with E-state index in [1.807, 2.05) is 6.20 Å². The number of amides is 1. The molecule has 0 unspecified atom stereocenters. The minimum absolute atomic E-state index is 0.0131. The first-order chi connectivity index (χ1) is 8.94. The van der Waals surface area contributed by atoms with Crippen molar-refractivity contribution >= 4 is 22.4 Å². The lowest BCUT2D eigenvalue weighted by molar-refractivity contribution is -0.117. The summed E-state index contributed by atoms with van der Waals surface area (Å²) in [6.07, 6.45) is 4.78. The number of nitrogens with zero attached hydrogens (tertiary/aromatic N) is 1. The van der Waals surface area contributed by atoms with E-state index in [0.717, 1.165) is 31.1 Å². The van der Waals surface area contributed by atoms with Crippen LogP contribution in [0.15, 0.2) is 6.20 Å². The zero-order valence-electron chi connectivity index (χ0n) is 12.0. The Labute approximate surface area is 119 Å². The van der Waals surface area contributed by atoms with Gasteiger partial charge in [0.2, 0.25) is 5.91 Å². The Morgan fingerprint density at radius 2 is 2.16 bits per heavy atom. The van der Waals surface area contributed by atoms with Crippen LogP contribution in [0.5, 0.6) is 0 Å². The first-order valence-corrected chi connectivity index (χ1v) is 7.72. The van der Waals surface area contributed by atoms with Crippen molar-refractivity contribution in [3.63, 3.8) is 0 Å². The minimum atomic E-state index is 0.0131. The minimum Gasteiger partial charge on any atom is -0.317 e. The SMILES string of the molecule is CC(C)(C)CC(=O)Nc1ncc(C2CCNCC2)s1. The van der Waals surface area contributed by atoms with Crippen LogP contribution < -0.4 is 10.6 Å². The molecule has 1 aromatic heterocycles. The Kier molecular flexibility index (Phi) is 4.58. The maximum atomic E-state index is 11.9. The van der Waals surface area contributed by atoms with Crippen LogP contribution in [-0.4, -0.2) is 24.0 Å². The number of carbonyl (C=O) groups excluding carboxylic acids is 1. The van der Waals surface area contributed by atoms with Gasteiger partial charge in [0.05, 0.1) is 0 Å². The summed E-state index contributed by atoms with van der Waals surface area (Å²) >= 11 is 1.62. The van der Waals surface area contributed by atoms with Crippen LogP contribution >= 0.6 is 11.3 Å². The Bertz CT molecular complexity index is 430. The first kappa shape index (κ1) is 14.5. The highest BCUT2D eigenvalue weighted by molar-refractivity contribution is 7.15. The van der Waals surface area contributed by atoms with Crippen molar-refractivity contribution in [3.8, 4) is 0 Å². The quantitative estimate of drug-likeness (QED) is 0.895. The van der Waals surface area contributed by atoms with Gasteiger partial charge in [-0.25, -0.2) is 4.98 Å². The van der Waals surface area contributed by atoms with Gasteiger partial charge >= 0.3 is 0 Å². The average molecular weight is 281 g/mol. The number of piperidine rings is 1. The van der Waals surface area contributed by atoms with Crippen molar-refractivity contribution in [1.82, 2.24) is 10.3 Å². The fourth-order valence-corrected chi connectivity index (χ4v) is 3.29. The third-order valence-electron chi connectivity index (χ3n) is 3.20. The number of carbonyl (C=O) groups is 1. The van der Waals surface area contributed by atoms with Crippen molar-refractivity contribution in [1.29, 1.82) is 0 Å². The van der Waals surface area contributed by atoms with E-state index < -0.39 is 0 Å². The van der Waals surface area contributed by atoms with E-state index in [4.69, 9.17) is 0 Å². The number of hydrogen-bond acceptors (Lipinski definition) is 4. The molecule has 1 aliphatic rings. The van der Waals surface area contributed by atoms with Gasteiger partial charge in [-0.1, -0.05) is 20.8 Å². The second-order valence-corrected chi connectivity index (χ2v) is 7.44. The lowest BCUT2D eigenvalue weighted by atomic mass is 9.92. The van der Waals surface area contributed by atoms with Crippen LogP contribution in [0.2, 0.25) is 0 Å². The number of thiazole rings is 1. The highest BCUT2D eigenvalue weighted by Gasteiger charge is 2.20. The van der Waals surface area contributed by atoms with Crippen molar-refractivity contribution in [2.75, 3.05) is 18.4 Å². The van der Waals surface area contributed by atoms with Crippen molar-refractivity contribution in [2.45, 2.75) is 46.0 Å². The third-order valence-corrected chi connectivity index (χ3v) is 4.28. The second-order valence-electron chi connectivity index (χ2n) is 6.38. The molecule has 0 atom stereocenters. The second kappa shape index (κ2) is 6.01. The Morgan fingerprint density at radius 1 is 1.47 bits per heavy atom. The highest BCUT2D eigenvalue weighted by atomic mass is 32.1. The maximum Gasteiger partial charge on any atom is 0.226 e. The van der Waals surface area contributed by atoms with Gasteiger partial charge in [-0.15, -0.1) is 11.3 Å². The van der Waals surface area contributed by atoms with E-state index in [2.05, 4.69) is 36.4 Å². The molecule has 2 heterocycles. The number of rotatable bonds is 3. The third kappa shape index (κ3) is 4.58. The van der Waals surface area contributed by atoms with Crippen molar-refractivity contribution in [2.24, 2.45) is 5.41 Å². The predicted molar refractivity (Wildman–Crippen MR) is 79.7 cm³/mol. The van der Waals surface area contributed by atoms with E-state index in [9.17, 15) is 4.79 Å². The molecule has 106 valence electrons. The zero-order valence-corrected chi connectivity index (χ0v) is 12.8. The number of aromatic nitrogens is 1. The smallest absolute Gasteiger partial charge is 0.226 e. The van der Waals surface area contributed by atoms with Crippen LogP contribution in [0.4, 0.5) is 5.13 Å². The van der Waals surface area contributed by atoms with Crippen LogP contribution in [0.25, 0.3) is 0 Å². The van der Waals surface area contributed by atoms with Crippen molar-refractivity contribution < 1.29 is 4.79 Å². The molecule has 0 saturated carbocycles. The van der Waals surface area contributed by atoms with E-state index in [0.29, 0.717) is 12.3 Å². The molecule has 1 aliphatic heterocycles. The van der Waals surface area contributed by atoms with Gasteiger partial charge in [-0.3, -0.25) is 4.79 Å². The summed E-state index contributed by atoms with van der Waals surface area (Å²) in [7, 11) is 0. The molecule has 1 fully saturated rings. The molecule has 0 radical (unpaired) electrons. The first-order valence-electron chi connectivity index (χ1n) is 6.90. The van der Waals surface area contributed by atoms with Crippen LogP contribution in [0.3, 0.4) is 0 Å². The Morgan fingerprint density at radius 3 is 2.79 bits per heavy atom. The molecule has 1 saturated heterocycles. The number of anilines is 1. The molecule has 0 spiro atoms. The molecule has 4 nitrogen and oxygen atoms in total. The molecule has 2 N–H and O–H groups in total. The topological polar surface area (TPSA) is 54.0 Å². The lowest BCUT2D eigenvalue weighted by Crippen LogP contribution is -2.26. The normalized spacial score (nSPS) is 17.4. The highest BCUT2D eigenvalue weighted by Crippen LogP contribution is 2.32. The van der Waals surface area contributed by atoms with Gasteiger partial charge in [0.1, 0.15) is 0 Å². The molecule has 0 aliphatic carbocycles. The fraction of sp³-hybridized carbons (Fsp3) is 0.714. The van der Waals surface area contributed by atoms with E-state index in [1.165, 1.54) is 4.88 Å². The molecule has 19 heavy (non-hydrogen) atoms. The predicted octanol–water partition coefficient (Wildman–Crippen LogP) is 2.98. The number of nitrogens with one attached hydrogen (secondary N) is 2. The Balaban J connectivity index is 1.91. The molecule has 0 bridgehead atoms. The van der Waals surface area contributed by atoms with Gasteiger partial charge in [-0.2, -0.15) is 0 Å². The van der Waals surface area contributed by atoms with E-state index in [-0.39, 0.29) is 11.3 Å². The monoisotopic (exact) mass is 281 g/mol. The summed E-state index contributed by atoms with van der Waals surface area (Å²) in [4.78, 5) is 17.5. The standard InChI is InChI=1S/C14H23N3OS/c1-14(2,3)8-12(18)17-13-16-9-11(19-13)10-4-6-15-7-5-10/h9-10,15H,4-8H2,1-3H3,(H,16,17,18). The van der Waals surface area contributed by atoms with Gasteiger partial charge in [0, 0.05) is 17.5 Å². The summed E-state index contributed by atoms with van der Waals surface area (Å²) in [5, 5.41) is 7.01. The van der Waals surface area contributed by atoms with E-state index >= 15 is 0 Å². The van der Waals surface area contributed by atoms with Crippen LogP contribution in [0.1, 0.15) is 50.8 Å². The molecular formula is C14H23N3OS. The molecule has 1 aromatic rings. The van der Waals surface area contributed by atoms with Crippen molar-refractivity contribution in [3.05, 3.63) is 11.1 Å². The molecule has 2 rings (SSSR count). The molecular weight excluding hydrogens is 258 g/mol. The van der Waals surface area contributed by atoms with Crippen LogP contribution in [0, 0.1) is 5.41 Å².